The minimum atomic E-state index is -3.69. The van der Waals surface area contributed by atoms with Gasteiger partial charge < -0.3 is 10.1 Å². The number of nitrogens with one attached hydrogen (secondary N) is 1. The van der Waals surface area contributed by atoms with Crippen molar-refractivity contribution < 1.29 is 17.9 Å². The number of hydrogen-bond donors (Lipinski definition) is 1. The quantitative estimate of drug-likeness (QED) is 0.564. The van der Waals surface area contributed by atoms with Gasteiger partial charge in [0.25, 0.3) is 5.91 Å². The summed E-state index contributed by atoms with van der Waals surface area (Å²) in [5.74, 6) is -0.0378. The Morgan fingerprint density at radius 3 is 2.77 bits per heavy atom. The molecule has 0 unspecified atom stereocenters. The molecule has 4 rings (SSSR count). The van der Waals surface area contributed by atoms with E-state index in [1.807, 2.05) is 17.5 Å². The molecule has 0 atom stereocenters. The Kier molecular flexibility index (Phi) is 6.19. The molecular weight excluding hydrogens is 442 g/mol. The molecule has 0 aliphatic carbocycles. The fraction of sp³-hybridized carbons (Fsp3) is 0.300. The maximum Gasteiger partial charge on any atom is 0.267 e. The zero-order chi connectivity index (χ0) is 21.1. The average Bonchev–Trinajstić information content (AvgIpc) is 3.51. The lowest BCUT2D eigenvalue weighted by atomic mass is 10.3. The van der Waals surface area contributed by atoms with Crippen LogP contribution in [0.4, 0.5) is 5.69 Å². The predicted molar refractivity (Wildman–Crippen MR) is 119 cm³/mol. The van der Waals surface area contributed by atoms with Crippen LogP contribution in [0.3, 0.4) is 0 Å². The zero-order valence-electron chi connectivity index (χ0n) is 16.3. The molecule has 1 aliphatic rings. The molecule has 0 saturated carbocycles. The highest BCUT2D eigenvalue weighted by Crippen LogP contribution is 2.33. The number of sulfonamides is 1. The molecule has 1 saturated heterocycles. The molecule has 3 heterocycles. The van der Waals surface area contributed by atoms with Gasteiger partial charge in [0, 0.05) is 18.8 Å². The van der Waals surface area contributed by atoms with Crippen molar-refractivity contribution in [3.63, 3.8) is 0 Å². The number of amides is 1. The number of anilines is 1. The van der Waals surface area contributed by atoms with Crippen LogP contribution in [0.2, 0.25) is 0 Å². The fourth-order valence-electron chi connectivity index (χ4n) is 3.22. The lowest BCUT2D eigenvalue weighted by Gasteiger charge is -2.19. The highest BCUT2D eigenvalue weighted by molar-refractivity contribution is 7.89. The van der Waals surface area contributed by atoms with Gasteiger partial charge in [-0.1, -0.05) is 6.07 Å². The van der Waals surface area contributed by atoms with Crippen LogP contribution < -0.4 is 10.1 Å². The minimum Gasteiger partial charge on any atom is -0.492 e. The summed E-state index contributed by atoms with van der Waals surface area (Å²) in [6, 6.07) is 8.59. The largest absolute Gasteiger partial charge is 0.492 e. The summed E-state index contributed by atoms with van der Waals surface area (Å²) in [5, 5.41) is 5.52. The lowest BCUT2D eigenvalue weighted by Crippen LogP contribution is -2.28. The predicted octanol–water partition coefficient (Wildman–Crippen LogP) is 4.31. The number of aromatic nitrogens is 1. The molecule has 0 spiro atoms. The first kappa shape index (κ1) is 21.0. The van der Waals surface area contributed by atoms with E-state index in [1.54, 1.807) is 30.4 Å². The second-order valence-electron chi connectivity index (χ2n) is 6.67. The van der Waals surface area contributed by atoms with Gasteiger partial charge in [-0.15, -0.1) is 22.7 Å². The molecule has 1 N–H and O–H groups in total. The van der Waals surface area contributed by atoms with E-state index >= 15 is 0 Å². The van der Waals surface area contributed by atoms with Crippen LogP contribution in [-0.4, -0.2) is 43.3 Å². The third kappa shape index (κ3) is 4.27. The van der Waals surface area contributed by atoms with E-state index in [2.05, 4.69) is 10.3 Å². The highest BCUT2D eigenvalue weighted by atomic mass is 32.2. The number of thiazole rings is 1. The summed E-state index contributed by atoms with van der Waals surface area (Å²) in [6.45, 7) is 3.14. The van der Waals surface area contributed by atoms with Crippen molar-refractivity contribution in [3.8, 4) is 15.6 Å². The number of nitrogens with zero attached hydrogens (tertiary/aromatic N) is 2. The minimum absolute atomic E-state index is 0.0765. The molecular formula is C20H21N3O4S3. The summed E-state index contributed by atoms with van der Waals surface area (Å²) >= 11 is 2.85. The van der Waals surface area contributed by atoms with Crippen molar-refractivity contribution >= 4 is 44.3 Å². The Hall–Kier alpha value is -2.27. The lowest BCUT2D eigenvalue weighted by molar-refractivity contribution is 0.103. The Bertz CT molecular complexity index is 1130. The molecule has 158 valence electrons. The standard InChI is InChI=1S/C20H21N3O4S3/c1-2-27-15-8-7-14(12-18(15)30(25,26)23-9-3-4-10-23)22-19(24)17-13-21-20(29-17)16-6-5-11-28-16/h5-8,11-13H,2-4,9-10H2,1H3,(H,22,24). The molecule has 1 aromatic carbocycles. The van der Waals surface area contributed by atoms with Gasteiger partial charge in [-0.25, -0.2) is 13.4 Å². The van der Waals surface area contributed by atoms with Crippen LogP contribution in [0.1, 0.15) is 29.4 Å². The van der Waals surface area contributed by atoms with E-state index in [4.69, 9.17) is 4.74 Å². The summed E-state index contributed by atoms with van der Waals surface area (Å²) in [5.41, 5.74) is 0.396. The summed E-state index contributed by atoms with van der Waals surface area (Å²) < 4.78 is 33.2. The maximum absolute atomic E-state index is 13.1. The molecule has 2 aromatic heterocycles. The third-order valence-electron chi connectivity index (χ3n) is 4.65. The highest BCUT2D eigenvalue weighted by Gasteiger charge is 2.30. The summed E-state index contributed by atoms with van der Waals surface area (Å²) in [7, 11) is -3.69. The van der Waals surface area contributed by atoms with Crippen LogP contribution in [0.5, 0.6) is 5.75 Å². The van der Waals surface area contributed by atoms with Crippen molar-refractivity contribution in [2.24, 2.45) is 0 Å². The summed E-state index contributed by atoms with van der Waals surface area (Å²) in [6.07, 6.45) is 3.22. The number of thiophene rings is 1. The fourth-order valence-corrected chi connectivity index (χ4v) is 6.51. The maximum atomic E-state index is 13.1. The Labute approximate surface area is 183 Å². The van der Waals surface area contributed by atoms with Crippen molar-refractivity contribution in [1.82, 2.24) is 9.29 Å². The zero-order valence-corrected chi connectivity index (χ0v) is 18.8. The van der Waals surface area contributed by atoms with E-state index in [1.165, 1.54) is 27.9 Å². The Morgan fingerprint density at radius 1 is 1.27 bits per heavy atom. The third-order valence-corrected chi connectivity index (χ3v) is 8.60. The molecule has 1 amide bonds. The summed E-state index contributed by atoms with van der Waals surface area (Å²) in [4.78, 5) is 18.5. The monoisotopic (exact) mass is 463 g/mol. The van der Waals surface area contributed by atoms with Crippen LogP contribution in [0.15, 0.2) is 46.8 Å². The molecule has 1 aliphatic heterocycles. The van der Waals surface area contributed by atoms with Gasteiger partial charge in [0.1, 0.15) is 20.5 Å². The smallest absolute Gasteiger partial charge is 0.267 e. The molecule has 0 radical (unpaired) electrons. The van der Waals surface area contributed by atoms with Crippen molar-refractivity contribution in [1.29, 1.82) is 0 Å². The van der Waals surface area contributed by atoms with Crippen molar-refractivity contribution in [2.45, 2.75) is 24.7 Å². The van der Waals surface area contributed by atoms with Crippen LogP contribution in [0, 0.1) is 0 Å². The number of carbonyl (C=O) groups excluding carboxylic acids is 1. The molecule has 30 heavy (non-hydrogen) atoms. The number of benzene rings is 1. The van der Waals surface area contributed by atoms with Gasteiger partial charge >= 0.3 is 0 Å². The first-order valence-electron chi connectivity index (χ1n) is 9.57. The van der Waals surface area contributed by atoms with Crippen LogP contribution in [0.25, 0.3) is 9.88 Å². The number of ether oxygens (including phenoxy) is 1. The number of rotatable bonds is 7. The van der Waals surface area contributed by atoms with Gasteiger partial charge in [-0.05, 0) is 49.4 Å². The van der Waals surface area contributed by atoms with Gasteiger partial charge in [0.05, 0.1) is 17.7 Å². The molecule has 1 fully saturated rings. The van der Waals surface area contributed by atoms with E-state index in [-0.39, 0.29) is 10.8 Å². The topological polar surface area (TPSA) is 88.6 Å². The number of carbonyl (C=O) groups is 1. The van der Waals surface area contributed by atoms with Crippen LogP contribution >= 0.6 is 22.7 Å². The second-order valence-corrected chi connectivity index (χ2v) is 10.6. The van der Waals surface area contributed by atoms with E-state index < -0.39 is 10.0 Å². The van der Waals surface area contributed by atoms with E-state index in [0.717, 1.165) is 22.7 Å². The van der Waals surface area contributed by atoms with Crippen molar-refractivity contribution in [3.05, 3.63) is 46.8 Å². The number of hydrogen-bond acceptors (Lipinski definition) is 7. The Balaban J connectivity index is 1.59. The van der Waals surface area contributed by atoms with E-state index in [0.29, 0.717) is 36.0 Å². The van der Waals surface area contributed by atoms with Gasteiger partial charge in [-0.2, -0.15) is 4.31 Å². The second kappa shape index (κ2) is 8.84. The molecule has 3 aromatic rings. The first-order valence-corrected chi connectivity index (χ1v) is 12.7. The van der Waals surface area contributed by atoms with Crippen LogP contribution in [-0.2, 0) is 10.0 Å². The average molecular weight is 464 g/mol. The van der Waals surface area contributed by atoms with E-state index in [9.17, 15) is 13.2 Å². The molecule has 0 bridgehead atoms. The first-order chi connectivity index (χ1) is 14.5. The van der Waals surface area contributed by atoms with Gasteiger partial charge in [-0.3, -0.25) is 4.79 Å². The van der Waals surface area contributed by atoms with Crippen molar-refractivity contribution in [2.75, 3.05) is 25.0 Å². The molecule has 7 nitrogen and oxygen atoms in total. The SMILES string of the molecule is CCOc1ccc(NC(=O)c2cnc(-c3cccs3)s2)cc1S(=O)(=O)N1CCCC1. The van der Waals surface area contributed by atoms with Gasteiger partial charge in [0.15, 0.2) is 0 Å². The Morgan fingerprint density at radius 2 is 2.07 bits per heavy atom. The normalized spacial score (nSPS) is 14.7. The van der Waals surface area contributed by atoms with Gasteiger partial charge in [0.2, 0.25) is 10.0 Å². The molecule has 10 heteroatoms.